The molecule has 3 rings (SSSR count). The first-order valence-corrected chi connectivity index (χ1v) is 7.82. The van der Waals surface area contributed by atoms with Crippen LogP contribution in [0.5, 0.6) is 0 Å². The average Bonchev–Trinajstić information content (AvgIpc) is 2.59. The van der Waals surface area contributed by atoms with Gasteiger partial charge in [0.15, 0.2) is 0 Å². The molecule has 3 aromatic rings. The Hall–Kier alpha value is -1.89. The zero-order valence-electron chi connectivity index (χ0n) is 14.9. The molecule has 0 saturated carbocycles. The molecule has 0 amide bonds. The maximum Gasteiger partial charge on any atom is 3.00 e. The van der Waals surface area contributed by atoms with E-state index in [4.69, 9.17) is 5.11 Å². The maximum absolute atomic E-state index is 7.57. The molecule has 1 N–H and O–H groups in total. The molecule has 0 spiro atoms. The normalized spacial score (nSPS) is 7.92. The van der Waals surface area contributed by atoms with E-state index in [1.54, 1.807) is 6.92 Å². The molecule has 1 nitrogen and oxygen atoms in total. The zero-order valence-corrected chi connectivity index (χ0v) is 17.4. The van der Waals surface area contributed by atoms with Crippen LogP contribution in [0.3, 0.4) is 0 Å². The van der Waals surface area contributed by atoms with Gasteiger partial charge in [-0.25, -0.2) is 0 Å². The second-order valence-corrected chi connectivity index (χ2v) is 4.77. The van der Waals surface area contributed by atoms with Crippen LogP contribution in [0.25, 0.3) is 0 Å². The van der Waals surface area contributed by atoms with Gasteiger partial charge >= 0.3 is 26.2 Å². The van der Waals surface area contributed by atoms with Crippen LogP contribution >= 0.6 is 0 Å². The second-order valence-electron chi connectivity index (χ2n) is 4.77. The molecule has 0 bridgehead atoms. The van der Waals surface area contributed by atoms with E-state index in [1.807, 2.05) is 91.0 Å². The van der Waals surface area contributed by atoms with Crippen molar-refractivity contribution in [3.8, 4) is 0 Å². The van der Waals surface area contributed by atoms with Crippen LogP contribution in [-0.2, 0) is 26.2 Å². The summed E-state index contributed by atoms with van der Waals surface area (Å²) in [6.07, 6.45) is 0. The summed E-state index contributed by atoms with van der Waals surface area (Å²) >= 11 is 0. The summed E-state index contributed by atoms with van der Waals surface area (Å²) in [4.78, 5) is 0. The molecule has 0 atom stereocenters. The number of benzene rings is 3. The molecule has 0 unspecified atom stereocenters. The number of rotatable bonds is 0. The first-order chi connectivity index (χ1) is 11.6. The van der Waals surface area contributed by atoms with Crippen LogP contribution in [0, 0.1) is 20.8 Å². The number of aliphatic hydroxyl groups excluding tert-OH is 1. The smallest absolute Gasteiger partial charge is 0.397 e. The van der Waals surface area contributed by atoms with Crippen molar-refractivity contribution in [3.63, 3.8) is 0 Å². The van der Waals surface area contributed by atoms with Crippen molar-refractivity contribution in [2.24, 2.45) is 0 Å². The van der Waals surface area contributed by atoms with E-state index >= 15 is 0 Å². The minimum absolute atomic E-state index is 0. The summed E-state index contributed by atoms with van der Waals surface area (Å²) in [6, 6.07) is 29.6. The van der Waals surface area contributed by atoms with E-state index < -0.39 is 0 Å². The molecule has 25 heavy (non-hydrogen) atoms. The minimum Gasteiger partial charge on any atom is -0.397 e. The van der Waals surface area contributed by atoms with Gasteiger partial charge < -0.3 is 5.11 Å². The van der Waals surface area contributed by atoms with Crippen molar-refractivity contribution in [3.05, 3.63) is 128 Å². The fourth-order valence-electron chi connectivity index (χ4n) is 1.43. The zero-order chi connectivity index (χ0) is 18.0. The average molecular weight is 411 g/mol. The van der Waals surface area contributed by atoms with Crippen molar-refractivity contribution >= 4 is 0 Å². The first-order valence-electron chi connectivity index (χ1n) is 7.82. The fourth-order valence-corrected chi connectivity index (χ4v) is 1.43. The fraction of sp³-hybridized carbons (Fsp3) is 0.0870. The van der Waals surface area contributed by atoms with Gasteiger partial charge in [-0.2, -0.15) is 73.9 Å². The van der Waals surface area contributed by atoms with Crippen LogP contribution in [-0.4, -0.2) is 11.7 Å². The molecule has 0 aliphatic carbocycles. The Bertz CT molecular complexity index is 506. The molecule has 129 valence electrons. The molecule has 0 fully saturated rings. The van der Waals surface area contributed by atoms with E-state index in [1.165, 1.54) is 0 Å². The van der Waals surface area contributed by atoms with Gasteiger partial charge in [0, 0.05) is 6.61 Å². The second kappa shape index (κ2) is 18.5. The predicted molar refractivity (Wildman–Crippen MR) is 105 cm³/mol. The van der Waals surface area contributed by atoms with Gasteiger partial charge in [-0.1, -0.05) is 18.2 Å². The van der Waals surface area contributed by atoms with E-state index in [0.29, 0.717) is 0 Å². The number of aliphatic hydroxyl groups is 1. The van der Waals surface area contributed by atoms with Gasteiger partial charge in [-0.05, 0) is 6.92 Å². The van der Waals surface area contributed by atoms with Gasteiger partial charge in [0.1, 0.15) is 0 Å². The third kappa shape index (κ3) is 18.3. The third-order valence-electron chi connectivity index (χ3n) is 2.53. The standard InChI is InChI=1S/3C7H7.C2H6O.Zr/c3*1-7-5-3-2-4-6-7;1-2-3;/h3*2-6H,1H2;3H,2H2,1H3;/q3*-1;;+3. The van der Waals surface area contributed by atoms with Gasteiger partial charge in [0.25, 0.3) is 0 Å². The first kappa shape index (κ1) is 25.4. The van der Waals surface area contributed by atoms with Crippen LogP contribution in [0.15, 0.2) is 91.0 Å². The van der Waals surface area contributed by atoms with E-state index in [9.17, 15) is 0 Å². The molecular weight excluding hydrogens is 383 g/mol. The van der Waals surface area contributed by atoms with Crippen molar-refractivity contribution in [1.29, 1.82) is 0 Å². The Morgan fingerprint density at radius 1 is 0.560 bits per heavy atom. The van der Waals surface area contributed by atoms with Crippen LogP contribution in [0.1, 0.15) is 23.6 Å². The minimum atomic E-state index is 0. The maximum atomic E-state index is 7.57. The third-order valence-corrected chi connectivity index (χ3v) is 2.53. The van der Waals surface area contributed by atoms with E-state index in [0.717, 1.165) is 16.7 Å². The Morgan fingerprint density at radius 2 is 0.720 bits per heavy atom. The van der Waals surface area contributed by atoms with Crippen molar-refractivity contribution in [2.75, 3.05) is 6.61 Å². The number of hydrogen-bond acceptors (Lipinski definition) is 1. The Kier molecular flexibility index (Phi) is 18.7. The van der Waals surface area contributed by atoms with Crippen molar-refractivity contribution in [2.45, 2.75) is 6.92 Å². The van der Waals surface area contributed by atoms with Crippen molar-refractivity contribution < 1.29 is 31.3 Å². The summed E-state index contributed by atoms with van der Waals surface area (Å²) in [5.41, 5.74) is 3.22. The molecule has 0 aromatic heterocycles. The molecule has 0 aliphatic heterocycles. The summed E-state index contributed by atoms with van der Waals surface area (Å²) in [5, 5.41) is 7.57. The Morgan fingerprint density at radius 3 is 0.800 bits per heavy atom. The van der Waals surface area contributed by atoms with E-state index in [2.05, 4.69) is 20.8 Å². The molecule has 3 aromatic carbocycles. The summed E-state index contributed by atoms with van der Waals surface area (Å²) < 4.78 is 0. The Balaban J connectivity index is 0. The molecule has 0 aliphatic rings. The molecule has 0 heterocycles. The molecule has 2 heteroatoms. The summed E-state index contributed by atoms with van der Waals surface area (Å²) in [7, 11) is 0. The van der Waals surface area contributed by atoms with Crippen molar-refractivity contribution in [1.82, 2.24) is 0 Å². The SMILES string of the molecule is CCO.[CH2-]c1ccccc1.[CH2-]c1ccccc1.[CH2-]c1ccccc1.[Zr+3]. The topological polar surface area (TPSA) is 20.2 Å². The Labute approximate surface area is 172 Å². The molecule has 1 radical (unpaired) electrons. The largest absolute Gasteiger partial charge is 3.00 e. The van der Waals surface area contributed by atoms with Gasteiger partial charge in [-0.3, -0.25) is 0 Å². The quantitative estimate of drug-likeness (QED) is 0.478. The summed E-state index contributed by atoms with van der Waals surface area (Å²) in [5.74, 6) is 0. The molecule has 0 saturated heterocycles. The van der Waals surface area contributed by atoms with Crippen LogP contribution in [0.4, 0.5) is 0 Å². The predicted octanol–water partition coefficient (Wildman–Crippen LogP) is 5.60. The van der Waals surface area contributed by atoms with Crippen LogP contribution in [0.2, 0.25) is 0 Å². The van der Waals surface area contributed by atoms with E-state index in [-0.39, 0.29) is 32.8 Å². The van der Waals surface area contributed by atoms with Gasteiger partial charge in [0.2, 0.25) is 0 Å². The number of hydrogen-bond donors (Lipinski definition) is 1. The summed E-state index contributed by atoms with van der Waals surface area (Å²) in [6.45, 7) is 13.1. The monoisotopic (exact) mass is 409 g/mol. The van der Waals surface area contributed by atoms with Crippen LogP contribution < -0.4 is 0 Å². The van der Waals surface area contributed by atoms with Gasteiger partial charge in [0.05, 0.1) is 0 Å². The van der Waals surface area contributed by atoms with Gasteiger partial charge in [-0.15, -0.1) is 36.4 Å². The molecular formula is C23H27OZr.